The monoisotopic (exact) mass is 410 g/mol. The number of rotatable bonds is 2. The van der Waals surface area contributed by atoms with Gasteiger partial charge in [-0.15, -0.1) is 0 Å². The van der Waals surface area contributed by atoms with Crippen LogP contribution in [0.4, 0.5) is 0 Å². The van der Waals surface area contributed by atoms with E-state index in [1.165, 1.54) is 17.7 Å². The second kappa shape index (κ2) is 6.17. The molecule has 30 heavy (non-hydrogen) atoms. The van der Waals surface area contributed by atoms with E-state index in [2.05, 4.69) is 26.8 Å². The second-order valence-corrected chi connectivity index (χ2v) is 11.6. The lowest BCUT2D eigenvalue weighted by Crippen LogP contribution is -2.66. The summed E-state index contributed by atoms with van der Waals surface area (Å²) in [4.78, 5) is 38.6. The van der Waals surface area contributed by atoms with Crippen LogP contribution in [0.5, 0.6) is 0 Å². The molecule has 2 bridgehead atoms. The fourth-order valence-electron chi connectivity index (χ4n) is 9.05. The van der Waals surface area contributed by atoms with Crippen LogP contribution in [-0.2, 0) is 14.4 Å². The molecule has 0 unspecified atom stereocenters. The zero-order valence-electron chi connectivity index (χ0n) is 18.6. The van der Waals surface area contributed by atoms with Crippen molar-refractivity contribution in [3.8, 4) is 0 Å². The van der Waals surface area contributed by atoms with Gasteiger partial charge in [0.15, 0.2) is 11.6 Å². The topological polar surface area (TPSA) is 71.4 Å². The largest absolute Gasteiger partial charge is 0.481 e. The van der Waals surface area contributed by atoms with Gasteiger partial charge < -0.3 is 5.11 Å². The predicted octanol–water partition coefficient (Wildman–Crippen LogP) is 4.84. The average Bonchev–Trinajstić information content (AvgIpc) is 2.69. The van der Waals surface area contributed by atoms with Crippen molar-refractivity contribution in [1.82, 2.24) is 0 Å². The van der Waals surface area contributed by atoms with Crippen molar-refractivity contribution < 1.29 is 19.5 Å². The lowest BCUT2D eigenvalue weighted by Gasteiger charge is -2.69. The van der Waals surface area contributed by atoms with Gasteiger partial charge in [-0.2, -0.15) is 0 Å². The minimum Gasteiger partial charge on any atom is -0.481 e. The molecule has 1 N–H and O–H groups in total. The van der Waals surface area contributed by atoms with Gasteiger partial charge in [-0.1, -0.05) is 38.8 Å². The molecule has 4 nitrogen and oxygen atoms in total. The molecule has 6 aliphatic rings. The molecular weight excluding hydrogens is 376 g/mol. The molecule has 0 aromatic rings. The van der Waals surface area contributed by atoms with Crippen molar-refractivity contribution >= 4 is 17.5 Å². The molecule has 0 aromatic heterocycles. The lowest BCUT2D eigenvalue weighted by atomic mass is 9.33. The number of hydrogen-bond donors (Lipinski definition) is 1. The second-order valence-electron chi connectivity index (χ2n) is 11.6. The number of hydrogen-bond acceptors (Lipinski definition) is 3. The highest BCUT2D eigenvalue weighted by molar-refractivity contribution is 6.08. The van der Waals surface area contributed by atoms with Gasteiger partial charge in [0.05, 0.1) is 5.41 Å². The highest BCUT2D eigenvalue weighted by atomic mass is 16.4. The molecule has 0 amide bonds. The third kappa shape index (κ3) is 2.26. The molecule has 4 heteroatoms. The van der Waals surface area contributed by atoms with Gasteiger partial charge in [-0.05, 0) is 80.3 Å². The van der Waals surface area contributed by atoms with E-state index in [4.69, 9.17) is 0 Å². The molecule has 3 fully saturated rings. The molecule has 0 saturated heterocycles. The van der Waals surface area contributed by atoms with Crippen LogP contribution in [0.25, 0.3) is 0 Å². The summed E-state index contributed by atoms with van der Waals surface area (Å²) in [6, 6.07) is 0. The fourth-order valence-corrected chi connectivity index (χ4v) is 9.05. The van der Waals surface area contributed by atoms with Gasteiger partial charge in [0.1, 0.15) is 0 Å². The Hall–Kier alpha value is -1.71. The van der Waals surface area contributed by atoms with Crippen molar-refractivity contribution in [1.29, 1.82) is 0 Å². The maximum atomic E-state index is 13.2. The average molecular weight is 411 g/mol. The Labute approximate surface area is 179 Å². The van der Waals surface area contributed by atoms with E-state index in [9.17, 15) is 19.5 Å². The molecule has 6 aliphatic carbocycles. The molecule has 3 saturated carbocycles. The zero-order chi connectivity index (χ0) is 21.6. The van der Waals surface area contributed by atoms with Gasteiger partial charge in [-0.3, -0.25) is 14.4 Å². The minimum atomic E-state index is -0.693. The van der Waals surface area contributed by atoms with Crippen LogP contribution < -0.4 is 0 Å². The number of ketones is 2. The van der Waals surface area contributed by atoms with Crippen LogP contribution >= 0.6 is 0 Å². The summed E-state index contributed by atoms with van der Waals surface area (Å²) >= 11 is 0. The van der Waals surface area contributed by atoms with Crippen LogP contribution in [0.2, 0.25) is 0 Å². The van der Waals surface area contributed by atoms with E-state index in [0.29, 0.717) is 5.92 Å². The summed E-state index contributed by atoms with van der Waals surface area (Å²) in [5.41, 5.74) is 0.277. The van der Waals surface area contributed by atoms with Gasteiger partial charge in [0.25, 0.3) is 0 Å². The summed E-state index contributed by atoms with van der Waals surface area (Å²) in [6.07, 6.45) is 10.8. The number of aliphatic carboxylic acids is 1. The van der Waals surface area contributed by atoms with Crippen molar-refractivity contribution in [2.75, 3.05) is 0 Å². The third-order valence-electron chi connectivity index (χ3n) is 10.2. The molecule has 0 radical (unpaired) electrons. The van der Waals surface area contributed by atoms with Gasteiger partial charge in [-0.25, -0.2) is 0 Å². The Balaban J connectivity index is 1.68. The number of allylic oxidation sites excluding steroid dienone is 4. The van der Waals surface area contributed by atoms with Crippen LogP contribution in [0, 0.1) is 51.8 Å². The summed E-state index contributed by atoms with van der Waals surface area (Å²) < 4.78 is 0. The van der Waals surface area contributed by atoms with E-state index >= 15 is 0 Å². The first kappa shape index (κ1) is 20.2. The van der Waals surface area contributed by atoms with Crippen molar-refractivity contribution in [3.63, 3.8) is 0 Å². The SMILES string of the molecule is CC(C)C1=C[C@@]23CC[C@@H]4[C@](C)(CCC[C@@]4(C)C(=O)O)[C@@H]2C[C@H]1[C@H]1C(=O)C=CC(=O)[C@H]13. The number of carbonyl (C=O) groups excluding carboxylic acids is 2. The molecule has 162 valence electrons. The van der Waals surface area contributed by atoms with Crippen molar-refractivity contribution in [2.24, 2.45) is 51.8 Å². The first-order valence-corrected chi connectivity index (χ1v) is 11.8. The normalized spacial score (nSPS) is 49.4. The molecular formula is C26H34O4. The lowest BCUT2D eigenvalue weighted by molar-refractivity contribution is -0.197. The highest BCUT2D eigenvalue weighted by Crippen LogP contribution is 2.73. The van der Waals surface area contributed by atoms with Gasteiger partial charge >= 0.3 is 5.97 Å². The molecule has 0 aliphatic heterocycles. The molecule has 6 rings (SSSR count). The van der Waals surface area contributed by atoms with E-state index in [1.807, 2.05) is 6.92 Å². The Morgan fingerprint density at radius 2 is 1.77 bits per heavy atom. The first-order chi connectivity index (χ1) is 14.1. The van der Waals surface area contributed by atoms with E-state index < -0.39 is 11.4 Å². The maximum absolute atomic E-state index is 13.2. The van der Waals surface area contributed by atoms with E-state index in [0.717, 1.165) is 38.5 Å². The first-order valence-electron chi connectivity index (χ1n) is 11.8. The Kier molecular flexibility index (Phi) is 4.16. The Bertz CT molecular complexity index is 897. The van der Waals surface area contributed by atoms with E-state index in [1.54, 1.807) is 0 Å². The predicted molar refractivity (Wildman–Crippen MR) is 114 cm³/mol. The third-order valence-corrected chi connectivity index (χ3v) is 10.2. The fraction of sp³-hybridized carbons (Fsp3) is 0.731. The van der Waals surface area contributed by atoms with E-state index in [-0.39, 0.29) is 52.0 Å². The summed E-state index contributed by atoms with van der Waals surface area (Å²) in [5.74, 6) is 0.00398. The zero-order valence-corrected chi connectivity index (χ0v) is 18.6. The van der Waals surface area contributed by atoms with Gasteiger partial charge in [0, 0.05) is 17.3 Å². The number of carboxylic acid groups (broad SMARTS) is 1. The highest BCUT2D eigenvalue weighted by Gasteiger charge is 2.70. The quantitative estimate of drug-likeness (QED) is 0.662. The molecule has 8 atom stereocenters. The standard InChI is InChI=1S/C26H34O4/c1-14(2)16-13-26-11-8-19-24(3,9-5-10-25(19,4)23(29)30)20(26)12-15(16)21-17(27)6-7-18(28)22(21)26/h6-7,13-15,19-22H,5,8-12H2,1-4H3,(H,29,30)/t15-,19-,20+,21+,22-,24+,25-,26+/m1/s1. The summed E-state index contributed by atoms with van der Waals surface area (Å²) in [7, 11) is 0. The number of fused-ring (bicyclic) bond motifs is 1. The van der Waals surface area contributed by atoms with Crippen molar-refractivity contribution in [3.05, 3.63) is 23.8 Å². The smallest absolute Gasteiger partial charge is 0.309 e. The summed E-state index contributed by atoms with van der Waals surface area (Å²) in [5, 5.41) is 10.1. The van der Waals surface area contributed by atoms with Gasteiger partial charge in [0.2, 0.25) is 0 Å². The van der Waals surface area contributed by atoms with Crippen LogP contribution in [0.1, 0.15) is 66.2 Å². The maximum Gasteiger partial charge on any atom is 0.309 e. The van der Waals surface area contributed by atoms with Crippen LogP contribution in [0.15, 0.2) is 23.8 Å². The van der Waals surface area contributed by atoms with Crippen molar-refractivity contribution in [2.45, 2.75) is 66.2 Å². The number of carbonyl (C=O) groups is 3. The molecule has 0 aromatic carbocycles. The van der Waals surface area contributed by atoms with Crippen LogP contribution in [0.3, 0.4) is 0 Å². The number of carboxylic acids is 1. The Morgan fingerprint density at radius 3 is 2.43 bits per heavy atom. The minimum absolute atomic E-state index is 0.101. The molecule has 1 spiro atoms. The van der Waals surface area contributed by atoms with Crippen LogP contribution in [-0.4, -0.2) is 22.6 Å². The molecule has 0 heterocycles. The Morgan fingerprint density at radius 1 is 1.07 bits per heavy atom. The summed E-state index contributed by atoms with van der Waals surface area (Å²) in [6.45, 7) is 8.67.